The average molecular weight is 178 g/mol. The van der Waals surface area contributed by atoms with Crippen molar-refractivity contribution in [1.29, 1.82) is 0 Å². The minimum absolute atomic E-state index is 0.381. The lowest BCUT2D eigenvalue weighted by Gasteiger charge is -2.23. The van der Waals surface area contributed by atoms with E-state index < -0.39 is 0 Å². The van der Waals surface area contributed by atoms with E-state index in [2.05, 4.69) is 41.8 Å². The normalized spacial score (nSPS) is 15.3. The molecule has 0 radical (unpaired) electrons. The average Bonchev–Trinajstić information content (AvgIpc) is 2.20. The highest BCUT2D eigenvalue weighted by Gasteiger charge is 2.14. The molecule has 1 aromatic rings. The van der Waals surface area contributed by atoms with Gasteiger partial charge in [0, 0.05) is 12.1 Å². The van der Waals surface area contributed by atoms with Gasteiger partial charge in [-0.3, -0.25) is 0 Å². The van der Waals surface area contributed by atoms with Crippen LogP contribution in [0.5, 0.6) is 0 Å². The summed E-state index contributed by atoms with van der Waals surface area (Å²) in [7, 11) is 3.98. The summed E-state index contributed by atoms with van der Waals surface area (Å²) in [6.07, 6.45) is 0. The summed E-state index contributed by atoms with van der Waals surface area (Å²) in [5.74, 6) is 0. The minimum atomic E-state index is 0.381. The molecule has 1 rings (SSSR count). The van der Waals surface area contributed by atoms with Gasteiger partial charge in [0.1, 0.15) is 0 Å². The fraction of sp³-hybridized carbons (Fsp3) is 0.455. The predicted molar refractivity (Wildman–Crippen MR) is 56.8 cm³/mol. The van der Waals surface area contributed by atoms with E-state index in [0.29, 0.717) is 12.1 Å². The van der Waals surface area contributed by atoms with Gasteiger partial charge in [0.25, 0.3) is 0 Å². The van der Waals surface area contributed by atoms with Crippen LogP contribution in [0.1, 0.15) is 18.5 Å². The van der Waals surface area contributed by atoms with Gasteiger partial charge in [-0.15, -0.1) is 0 Å². The smallest absolute Gasteiger partial charge is 0.0470 e. The Morgan fingerprint density at radius 2 is 1.62 bits per heavy atom. The van der Waals surface area contributed by atoms with Crippen molar-refractivity contribution in [3.8, 4) is 0 Å². The van der Waals surface area contributed by atoms with Crippen LogP contribution < -0.4 is 10.6 Å². The first-order valence-electron chi connectivity index (χ1n) is 4.69. The quantitative estimate of drug-likeness (QED) is 0.731. The van der Waals surface area contributed by atoms with E-state index in [1.807, 2.05) is 20.2 Å². The second-order valence-corrected chi connectivity index (χ2v) is 3.25. The maximum Gasteiger partial charge on any atom is 0.0470 e. The van der Waals surface area contributed by atoms with Gasteiger partial charge in [-0.2, -0.15) is 0 Å². The Bertz CT molecular complexity index is 233. The van der Waals surface area contributed by atoms with E-state index in [4.69, 9.17) is 0 Å². The molecule has 0 bridgehead atoms. The van der Waals surface area contributed by atoms with Crippen molar-refractivity contribution < 1.29 is 0 Å². The Balaban J connectivity index is 2.78. The van der Waals surface area contributed by atoms with E-state index in [1.165, 1.54) is 5.56 Å². The molecule has 0 aliphatic rings. The molecule has 1 aromatic carbocycles. The molecule has 72 valence electrons. The largest absolute Gasteiger partial charge is 0.315 e. The maximum absolute atomic E-state index is 3.31. The third-order valence-corrected chi connectivity index (χ3v) is 2.43. The molecule has 2 N–H and O–H groups in total. The van der Waals surface area contributed by atoms with Crippen LogP contribution in [0.25, 0.3) is 0 Å². The molecule has 0 amide bonds. The molecule has 0 fully saturated rings. The van der Waals surface area contributed by atoms with E-state index in [0.717, 1.165) is 0 Å². The van der Waals surface area contributed by atoms with Crippen LogP contribution in [0.2, 0.25) is 0 Å². The van der Waals surface area contributed by atoms with Crippen molar-refractivity contribution >= 4 is 0 Å². The maximum atomic E-state index is 3.31. The monoisotopic (exact) mass is 178 g/mol. The Labute approximate surface area is 80.4 Å². The summed E-state index contributed by atoms with van der Waals surface area (Å²) >= 11 is 0. The molecule has 13 heavy (non-hydrogen) atoms. The molecule has 2 heteroatoms. The highest BCUT2D eigenvalue weighted by Crippen LogP contribution is 2.15. The van der Waals surface area contributed by atoms with E-state index in [-0.39, 0.29) is 0 Å². The lowest BCUT2D eigenvalue weighted by molar-refractivity contribution is 0.446. The van der Waals surface area contributed by atoms with Crippen LogP contribution in [-0.4, -0.2) is 20.1 Å². The first kappa shape index (κ1) is 10.2. The standard InChI is InChI=1S/C11H18N2/c1-9(12-2)11(13-3)10-7-5-4-6-8-10/h4-9,11-13H,1-3H3/t9-,11-/m0/s1. The molecule has 2 atom stereocenters. The van der Waals surface area contributed by atoms with E-state index in [9.17, 15) is 0 Å². The van der Waals surface area contributed by atoms with Crippen LogP contribution in [0.4, 0.5) is 0 Å². The zero-order valence-corrected chi connectivity index (χ0v) is 8.54. The van der Waals surface area contributed by atoms with Crippen LogP contribution >= 0.6 is 0 Å². The van der Waals surface area contributed by atoms with Gasteiger partial charge < -0.3 is 10.6 Å². The molecule has 0 spiro atoms. The Hall–Kier alpha value is -0.860. The van der Waals surface area contributed by atoms with Crippen LogP contribution in [-0.2, 0) is 0 Å². The van der Waals surface area contributed by atoms with E-state index in [1.54, 1.807) is 0 Å². The molecule has 0 unspecified atom stereocenters. The Kier molecular flexibility index (Phi) is 3.93. The highest BCUT2D eigenvalue weighted by atomic mass is 15.0. The molecular formula is C11H18N2. The topological polar surface area (TPSA) is 24.1 Å². The first-order valence-corrected chi connectivity index (χ1v) is 4.69. The number of likely N-dealkylation sites (N-methyl/N-ethyl adjacent to an activating group) is 2. The second kappa shape index (κ2) is 5.00. The lowest BCUT2D eigenvalue weighted by Crippen LogP contribution is -2.36. The Morgan fingerprint density at radius 3 is 2.08 bits per heavy atom. The van der Waals surface area contributed by atoms with Crippen molar-refractivity contribution in [3.63, 3.8) is 0 Å². The Morgan fingerprint density at radius 1 is 1.00 bits per heavy atom. The second-order valence-electron chi connectivity index (χ2n) is 3.25. The number of nitrogens with one attached hydrogen (secondary N) is 2. The summed E-state index contributed by atoms with van der Waals surface area (Å²) in [6.45, 7) is 2.17. The van der Waals surface area contributed by atoms with Crippen molar-refractivity contribution in [3.05, 3.63) is 35.9 Å². The molecule has 0 saturated heterocycles. The minimum Gasteiger partial charge on any atom is -0.315 e. The molecule has 0 aliphatic carbocycles. The van der Waals surface area contributed by atoms with Gasteiger partial charge >= 0.3 is 0 Å². The number of rotatable bonds is 4. The zero-order chi connectivity index (χ0) is 9.68. The van der Waals surface area contributed by atoms with Crippen LogP contribution in [0.3, 0.4) is 0 Å². The van der Waals surface area contributed by atoms with Crippen molar-refractivity contribution in [2.75, 3.05) is 14.1 Å². The summed E-state index contributed by atoms with van der Waals surface area (Å²) in [5.41, 5.74) is 1.33. The molecule has 0 saturated carbocycles. The fourth-order valence-corrected chi connectivity index (χ4v) is 1.53. The van der Waals surface area contributed by atoms with Crippen LogP contribution in [0.15, 0.2) is 30.3 Å². The molecule has 2 nitrogen and oxygen atoms in total. The summed E-state index contributed by atoms with van der Waals surface area (Å²) in [4.78, 5) is 0. The number of hydrogen-bond donors (Lipinski definition) is 2. The highest BCUT2D eigenvalue weighted by molar-refractivity contribution is 5.20. The van der Waals surface area contributed by atoms with Crippen molar-refractivity contribution in [2.45, 2.75) is 19.0 Å². The molecular weight excluding hydrogens is 160 g/mol. The third kappa shape index (κ3) is 2.54. The SMILES string of the molecule is CN[C@@H](C)[C@H](NC)c1ccccc1. The van der Waals surface area contributed by atoms with Crippen molar-refractivity contribution in [2.24, 2.45) is 0 Å². The zero-order valence-electron chi connectivity index (χ0n) is 8.54. The van der Waals surface area contributed by atoms with Gasteiger partial charge in [-0.25, -0.2) is 0 Å². The van der Waals surface area contributed by atoms with Gasteiger partial charge in [0.2, 0.25) is 0 Å². The summed E-state index contributed by atoms with van der Waals surface area (Å²) in [5, 5.41) is 6.56. The molecule has 0 aliphatic heterocycles. The predicted octanol–water partition coefficient (Wildman–Crippen LogP) is 1.55. The van der Waals surface area contributed by atoms with Gasteiger partial charge in [0.05, 0.1) is 0 Å². The van der Waals surface area contributed by atoms with Gasteiger partial charge in [0.15, 0.2) is 0 Å². The lowest BCUT2D eigenvalue weighted by atomic mass is 10.0. The van der Waals surface area contributed by atoms with Gasteiger partial charge in [-0.1, -0.05) is 30.3 Å². The first-order chi connectivity index (χ1) is 6.29. The number of benzene rings is 1. The molecule has 0 aromatic heterocycles. The molecule has 0 heterocycles. The third-order valence-electron chi connectivity index (χ3n) is 2.43. The van der Waals surface area contributed by atoms with Crippen LogP contribution in [0, 0.1) is 0 Å². The summed E-state index contributed by atoms with van der Waals surface area (Å²) < 4.78 is 0. The fourth-order valence-electron chi connectivity index (χ4n) is 1.53. The summed E-state index contributed by atoms with van der Waals surface area (Å²) in [6, 6.07) is 11.3. The van der Waals surface area contributed by atoms with E-state index >= 15 is 0 Å². The van der Waals surface area contributed by atoms with Crippen molar-refractivity contribution in [1.82, 2.24) is 10.6 Å². The van der Waals surface area contributed by atoms with Gasteiger partial charge in [-0.05, 0) is 26.6 Å². The number of hydrogen-bond acceptors (Lipinski definition) is 2.